The van der Waals surface area contributed by atoms with Crippen molar-refractivity contribution in [2.45, 2.75) is 70.3 Å². The topological polar surface area (TPSA) is 76.5 Å². The Kier molecular flexibility index (Phi) is 13.1. The van der Waals surface area contributed by atoms with Gasteiger partial charge in [0.2, 0.25) is 0 Å². The number of nitrogens with zero attached hydrogens (tertiary/aromatic N) is 4. The average Bonchev–Trinajstić information content (AvgIpc) is 2.60. The van der Waals surface area contributed by atoms with Gasteiger partial charge < -0.3 is 9.95 Å². The molecule has 23 heavy (non-hydrogen) atoms. The fourth-order valence-corrected chi connectivity index (χ4v) is 2.51. The van der Waals surface area contributed by atoms with E-state index < -0.39 is 0 Å². The number of hydrogen-bond acceptors (Lipinski definition) is 3. The van der Waals surface area contributed by atoms with Crippen LogP contribution in [-0.4, -0.2) is 17.8 Å². The second-order valence-corrected chi connectivity index (χ2v) is 5.50. The molecule has 0 saturated heterocycles. The Bertz CT molecular complexity index is 483. The van der Waals surface area contributed by atoms with Gasteiger partial charge in [-0.3, -0.25) is 0 Å². The molecular weight excluding hydrogens is 288 g/mol. The molecule has 0 amide bonds. The van der Waals surface area contributed by atoms with Crippen molar-refractivity contribution < 1.29 is 5.11 Å². The minimum Gasteiger partial charge on any atom is -0.393 e. The quantitative estimate of drug-likeness (QED) is 0.409. The summed E-state index contributed by atoms with van der Waals surface area (Å²) in [4.78, 5) is 5.94. The minimum absolute atomic E-state index is 0.0139. The summed E-state index contributed by atoms with van der Waals surface area (Å²) >= 11 is 0. The van der Waals surface area contributed by atoms with E-state index in [2.05, 4.69) is 9.69 Å². The first-order valence-corrected chi connectivity index (χ1v) is 8.07. The zero-order valence-corrected chi connectivity index (χ0v) is 13.6. The van der Waals surface area contributed by atoms with Crippen molar-refractivity contribution in [2.24, 2.45) is 0 Å². The zero-order chi connectivity index (χ0) is 17.3. The molecule has 2 aliphatic carbocycles. The van der Waals surface area contributed by atoms with Crippen LogP contribution < -0.4 is 0 Å². The molecule has 5 nitrogen and oxygen atoms in total. The second kappa shape index (κ2) is 14.6. The van der Waals surface area contributed by atoms with Gasteiger partial charge in [-0.1, -0.05) is 44.1 Å². The molecule has 0 aromatic rings. The summed E-state index contributed by atoms with van der Waals surface area (Å²) in [7, 11) is 0. The fraction of sp³-hybridized carbons (Fsp3) is 0.667. The summed E-state index contributed by atoms with van der Waals surface area (Å²) in [5, 5.41) is 25.1. The van der Waals surface area contributed by atoms with Gasteiger partial charge in [0.05, 0.1) is 18.7 Å². The largest absolute Gasteiger partial charge is 0.393 e. The van der Waals surface area contributed by atoms with E-state index in [0.29, 0.717) is 5.70 Å². The molecule has 2 saturated carbocycles. The summed E-state index contributed by atoms with van der Waals surface area (Å²) in [6.45, 7) is 12.7. The zero-order valence-electron chi connectivity index (χ0n) is 13.6. The molecule has 2 rings (SSSR count). The second-order valence-electron chi connectivity index (χ2n) is 5.50. The highest BCUT2D eigenvalue weighted by molar-refractivity contribution is 5.33. The Balaban J connectivity index is 0.000000347. The van der Waals surface area contributed by atoms with Gasteiger partial charge >= 0.3 is 0 Å². The van der Waals surface area contributed by atoms with E-state index in [1.807, 2.05) is 6.07 Å². The highest BCUT2D eigenvalue weighted by Crippen LogP contribution is 2.25. The number of nitriles is 2. The first-order chi connectivity index (χ1) is 11.2. The van der Waals surface area contributed by atoms with Crippen LogP contribution in [0.5, 0.6) is 0 Å². The van der Waals surface area contributed by atoms with Gasteiger partial charge in [-0.15, -0.1) is 0 Å². The van der Waals surface area contributed by atoms with Crippen LogP contribution in [0.3, 0.4) is 0 Å². The van der Waals surface area contributed by atoms with Gasteiger partial charge in [-0.25, -0.2) is 16.7 Å². The molecule has 2 aliphatic rings. The fourth-order valence-electron chi connectivity index (χ4n) is 2.51. The number of aliphatic hydroxyl groups is 1. The molecule has 0 aliphatic heterocycles. The lowest BCUT2D eigenvalue weighted by atomic mass is 9.94. The smallest absolute Gasteiger partial charge is 0.298 e. The average molecular weight is 312 g/mol. The Morgan fingerprint density at radius 2 is 1.61 bits per heavy atom. The molecule has 0 radical (unpaired) electrons. The normalized spacial score (nSPS) is 16.7. The predicted molar refractivity (Wildman–Crippen MR) is 88.5 cm³/mol. The van der Waals surface area contributed by atoms with Crippen LogP contribution in [0.1, 0.15) is 64.2 Å². The molecule has 0 aromatic carbocycles. The van der Waals surface area contributed by atoms with E-state index in [-0.39, 0.29) is 12.6 Å². The molecular formula is C18H24N4O. The molecule has 0 unspecified atom stereocenters. The van der Waals surface area contributed by atoms with Gasteiger partial charge in [0.1, 0.15) is 6.07 Å². The van der Waals surface area contributed by atoms with E-state index in [1.165, 1.54) is 25.7 Å². The third kappa shape index (κ3) is 11.0. The molecule has 5 heteroatoms. The number of allylic oxidation sites excluding steroid dienone is 2. The Morgan fingerprint density at radius 3 is 1.91 bits per heavy atom. The van der Waals surface area contributed by atoms with Crippen LogP contribution in [0.2, 0.25) is 0 Å². The highest BCUT2D eigenvalue weighted by Gasteiger charge is 2.10. The van der Waals surface area contributed by atoms with Crippen molar-refractivity contribution in [3.8, 4) is 12.1 Å². The maximum Gasteiger partial charge on any atom is 0.298 e. The van der Waals surface area contributed by atoms with Crippen molar-refractivity contribution in [3.05, 3.63) is 34.1 Å². The van der Waals surface area contributed by atoms with Crippen LogP contribution >= 0.6 is 0 Å². The third-order valence-electron chi connectivity index (χ3n) is 3.73. The summed E-state index contributed by atoms with van der Waals surface area (Å²) in [6.07, 6.45) is 11.4. The molecule has 0 aromatic heterocycles. The minimum atomic E-state index is -0.0139. The lowest BCUT2D eigenvalue weighted by Gasteiger charge is -2.14. The highest BCUT2D eigenvalue weighted by atomic mass is 16.3. The van der Waals surface area contributed by atoms with E-state index >= 15 is 0 Å². The summed E-state index contributed by atoms with van der Waals surface area (Å²) < 4.78 is 0. The molecule has 1 N–H and O–H groups in total. The van der Waals surface area contributed by atoms with E-state index in [0.717, 1.165) is 44.1 Å². The Hall–Kier alpha value is -2.34. The van der Waals surface area contributed by atoms with Gasteiger partial charge in [-0.05, 0) is 25.7 Å². The lowest BCUT2D eigenvalue weighted by Crippen LogP contribution is -2.09. The van der Waals surface area contributed by atoms with Crippen LogP contribution in [-0.2, 0) is 0 Å². The number of rotatable bonds is 0. The van der Waals surface area contributed by atoms with E-state index in [1.54, 1.807) is 6.07 Å². The monoisotopic (exact) mass is 312 g/mol. The van der Waals surface area contributed by atoms with Crippen LogP contribution in [0.25, 0.3) is 9.69 Å². The van der Waals surface area contributed by atoms with Crippen molar-refractivity contribution in [2.75, 3.05) is 6.54 Å². The third-order valence-corrected chi connectivity index (χ3v) is 3.73. The standard InChI is InChI=1S/C9H10N2.C6H12O.C3H2N2/c1-11-9(7-10)8-5-3-2-4-6-8;7-6-4-2-1-3-5-6;1-5-3-2-4/h2-6H2;6-7H,1-5H2;3H2. The Labute approximate surface area is 139 Å². The van der Waals surface area contributed by atoms with Gasteiger partial charge in [-0.2, -0.15) is 5.26 Å². The Morgan fingerprint density at radius 1 is 1.04 bits per heavy atom. The SMILES string of the molecule is OC1CCCCC1.[C-]#[N+]C(C#N)=C1CCCCC1.[C-]#[N+]CC#N. The maximum atomic E-state index is 8.91. The van der Waals surface area contributed by atoms with E-state index in [4.69, 9.17) is 28.8 Å². The molecule has 0 spiro atoms. The summed E-state index contributed by atoms with van der Waals surface area (Å²) in [5.74, 6) is 0. The van der Waals surface area contributed by atoms with Crippen molar-refractivity contribution in [1.82, 2.24) is 0 Å². The first-order valence-electron chi connectivity index (χ1n) is 8.07. The van der Waals surface area contributed by atoms with Crippen molar-refractivity contribution >= 4 is 0 Å². The van der Waals surface area contributed by atoms with Gasteiger partial charge in [0.15, 0.2) is 0 Å². The number of aliphatic hydroxyl groups excluding tert-OH is 1. The molecule has 0 atom stereocenters. The maximum absolute atomic E-state index is 8.91. The molecule has 0 heterocycles. The van der Waals surface area contributed by atoms with Gasteiger partial charge in [0, 0.05) is 0 Å². The molecule has 0 bridgehead atoms. The van der Waals surface area contributed by atoms with Crippen LogP contribution in [0.4, 0.5) is 0 Å². The van der Waals surface area contributed by atoms with Crippen molar-refractivity contribution in [1.29, 1.82) is 10.5 Å². The first kappa shape index (κ1) is 20.7. The van der Waals surface area contributed by atoms with E-state index in [9.17, 15) is 0 Å². The van der Waals surface area contributed by atoms with Crippen LogP contribution in [0.15, 0.2) is 11.3 Å². The molecule has 2 fully saturated rings. The van der Waals surface area contributed by atoms with Gasteiger partial charge in [0.25, 0.3) is 12.2 Å². The lowest BCUT2D eigenvalue weighted by molar-refractivity contribution is 0.130. The summed E-state index contributed by atoms with van der Waals surface area (Å²) in [6, 6.07) is 3.61. The predicted octanol–water partition coefficient (Wildman–Crippen LogP) is 4.39. The summed E-state index contributed by atoms with van der Waals surface area (Å²) in [5.41, 5.74) is 1.42. The van der Waals surface area contributed by atoms with Crippen molar-refractivity contribution in [3.63, 3.8) is 0 Å². The van der Waals surface area contributed by atoms with Crippen LogP contribution in [0, 0.1) is 35.8 Å². The number of hydrogen-bond donors (Lipinski definition) is 1. The molecule has 122 valence electrons.